The van der Waals surface area contributed by atoms with Gasteiger partial charge in [-0.1, -0.05) is 6.42 Å². The molecular weight excluding hydrogens is 252 g/mol. The van der Waals surface area contributed by atoms with E-state index in [1.54, 1.807) is 0 Å². The zero-order valence-electron chi connectivity index (χ0n) is 10.7. The van der Waals surface area contributed by atoms with Gasteiger partial charge in [0.1, 0.15) is 0 Å². The van der Waals surface area contributed by atoms with Crippen LogP contribution >= 0.6 is 0 Å². The zero-order valence-corrected chi connectivity index (χ0v) is 11.5. The largest absolute Gasteiger partial charge is 0.352 e. The van der Waals surface area contributed by atoms with Gasteiger partial charge >= 0.3 is 0 Å². The van der Waals surface area contributed by atoms with Gasteiger partial charge < -0.3 is 10.6 Å². The summed E-state index contributed by atoms with van der Waals surface area (Å²) in [5.74, 6) is 0.457. The van der Waals surface area contributed by atoms with Crippen LogP contribution in [0.5, 0.6) is 0 Å². The van der Waals surface area contributed by atoms with E-state index in [9.17, 15) is 13.2 Å². The Kier molecular flexibility index (Phi) is 4.61. The van der Waals surface area contributed by atoms with Crippen molar-refractivity contribution < 1.29 is 13.2 Å². The van der Waals surface area contributed by atoms with E-state index in [2.05, 4.69) is 10.6 Å². The Morgan fingerprint density at radius 2 is 2.11 bits per heavy atom. The molecule has 0 aromatic heterocycles. The van der Waals surface area contributed by atoms with Crippen LogP contribution in [0, 0.1) is 5.92 Å². The molecule has 1 amide bonds. The Hall–Kier alpha value is -0.620. The summed E-state index contributed by atoms with van der Waals surface area (Å²) < 4.78 is 22.6. The summed E-state index contributed by atoms with van der Waals surface area (Å²) in [6, 6.07) is 0.206. The van der Waals surface area contributed by atoms with E-state index in [-0.39, 0.29) is 29.4 Å². The Balaban J connectivity index is 1.75. The van der Waals surface area contributed by atoms with E-state index >= 15 is 0 Å². The maximum atomic E-state index is 11.9. The predicted molar refractivity (Wildman–Crippen MR) is 70.0 cm³/mol. The molecule has 2 rings (SSSR count). The first kappa shape index (κ1) is 13.8. The van der Waals surface area contributed by atoms with Crippen molar-refractivity contribution in [3.63, 3.8) is 0 Å². The molecule has 2 heterocycles. The first-order valence-corrected chi connectivity index (χ1v) is 8.58. The number of carbonyl (C=O) groups excluding carboxylic acids is 1. The van der Waals surface area contributed by atoms with Crippen molar-refractivity contribution in [1.29, 1.82) is 0 Å². The van der Waals surface area contributed by atoms with Gasteiger partial charge in [0, 0.05) is 19.0 Å². The van der Waals surface area contributed by atoms with Crippen molar-refractivity contribution in [2.75, 3.05) is 24.6 Å². The second-order valence-corrected chi connectivity index (χ2v) is 7.67. The molecule has 2 saturated heterocycles. The minimum atomic E-state index is -2.87. The highest BCUT2D eigenvalue weighted by Crippen LogP contribution is 2.21. The molecule has 18 heavy (non-hydrogen) atoms. The molecule has 2 fully saturated rings. The normalized spacial score (nSPS) is 31.8. The van der Waals surface area contributed by atoms with Crippen molar-refractivity contribution in [1.82, 2.24) is 10.6 Å². The van der Waals surface area contributed by atoms with E-state index in [0.717, 1.165) is 32.4 Å². The standard InChI is InChI=1S/C12H22N2O3S/c15-12(7-10-4-6-18(16,17)9-10)14-11-3-1-2-5-13-8-11/h10-11,13H,1-9H2,(H,14,15). The summed E-state index contributed by atoms with van der Waals surface area (Å²) in [6.45, 7) is 1.85. The zero-order chi connectivity index (χ0) is 13.0. The molecule has 0 radical (unpaired) electrons. The number of amides is 1. The number of nitrogens with one attached hydrogen (secondary N) is 2. The topological polar surface area (TPSA) is 75.3 Å². The van der Waals surface area contributed by atoms with Crippen LogP contribution in [-0.4, -0.2) is 45.0 Å². The van der Waals surface area contributed by atoms with E-state index in [0.29, 0.717) is 12.8 Å². The Morgan fingerprint density at radius 3 is 2.83 bits per heavy atom. The Labute approximate surface area is 109 Å². The minimum Gasteiger partial charge on any atom is -0.352 e. The van der Waals surface area contributed by atoms with E-state index in [4.69, 9.17) is 0 Å². The van der Waals surface area contributed by atoms with Crippen molar-refractivity contribution in [2.24, 2.45) is 5.92 Å². The van der Waals surface area contributed by atoms with Gasteiger partial charge in [0.15, 0.2) is 9.84 Å². The van der Waals surface area contributed by atoms with Crippen molar-refractivity contribution in [2.45, 2.75) is 38.1 Å². The SMILES string of the molecule is O=C(CC1CCS(=O)(=O)C1)NC1CCCCNC1. The molecule has 0 saturated carbocycles. The van der Waals surface area contributed by atoms with Gasteiger partial charge in [-0.2, -0.15) is 0 Å². The lowest BCUT2D eigenvalue weighted by atomic mass is 10.0. The van der Waals surface area contributed by atoms with Gasteiger partial charge in [-0.3, -0.25) is 4.79 Å². The third kappa shape index (κ3) is 4.24. The molecule has 2 atom stereocenters. The molecule has 0 aromatic rings. The lowest BCUT2D eigenvalue weighted by molar-refractivity contribution is -0.122. The Morgan fingerprint density at radius 1 is 1.28 bits per heavy atom. The summed E-state index contributed by atoms with van der Waals surface area (Å²) >= 11 is 0. The smallest absolute Gasteiger partial charge is 0.220 e. The summed E-state index contributed by atoms with van der Waals surface area (Å²) in [5, 5.41) is 6.32. The minimum absolute atomic E-state index is 0.00537. The van der Waals surface area contributed by atoms with Gasteiger partial charge in [-0.25, -0.2) is 8.42 Å². The second-order valence-electron chi connectivity index (χ2n) is 5.44. The molecule has 0 aromatic carbocycles. The molecular formula is C12H22N2O3S. The van der Waals surface area contributed by atoms with Crippen LogP contribution < -0.4 is 10.6 Å². The molecule has 0 spiro atoms. The number of sulfone groups is 1. The van der Waals surface area contributed by atoms with Gasteiger partial charge in [0.05, 0.1) is 11.5 Å². The number of hydrogen-bond donors (Lipinski definition) is 2. The van der Waals surface area contributed by atoms with E-state index in [1.807, 2.05) is 0 Å². The average molecular weight is 274 g/mol. The second kappa shape index (κ2) is 6.02. The van der Waals surface area contributed by atoms with E-state index in [1.165, 1.54) is 0 Å². The lowest BCUT2D eigenvalue weighted by Crippen LogP contribution is -2.41. The third-order valence-corrected chi connectivity index (χ3v) is 5.55. The summed E-state index contributed by atoms with van der Waals surface area (Å²) in [6.07, 6.45) is 4.30. The van der Waals surface area contributed by atoms with Crippen LogP contribution in [-0.2, 0) is 14.6 Å². The van der Waals surface area contributed by atoms with Crippen molar-refractivity contribution in [3.8, 4) is 0 Å². The van der Waals surface area contributed by atoms with Crippen LogP contribution in [0.3, 0.4) is 0 Å². The van der Waals surface area contributed by atoms with Gasteiger partial charge in [0.25, 0.3) is 0 Å². The van der Waals surface area contributed by atoms with Crippen LogP contribution in [0.15, 0.2) is 0 Å². The molecule has 104 valence electrons. The molecule has 0 bridgehead atoms. The van der Waals surface area contributed by atoms with Crippen LogP contribution in [0.25, 0.3) is 0 Å². The van der Waals surface area contributed by atoms with Crippen LogP contribution in [0.4, 0.5) is 0 Å². The highest BCUT2D eigenvalue weighted by atomic mass is 32.2. The monoisotopic (exact) mass is 274 g/mol. The Bertz CT molecular complexity index is 386. The number of rotatable bonds is 3. The summed E-state index contributed by atoms with van der Waals surface area (Å²) in [5.41, 5.74) is 0. The lowest BCUT2D eigenvalue weighted by Gasteiger charge is -2.17. The molecule has 2 aliphatic heterocycles. The fraction of sp³-hybridized carbons (Fsp3) is 0.917. The van der Waals surface area contributed by atoms with Gasteiger partial charge in [-0.15, -0.1) is 0 Å². The molecule has 2 N–H and O–H groups in total. The fourth-order valence-electron chi connectivity index (χ4n) is 2.72. The van der Waals surface area contributed by atoms with Crippen molar-refractivity contribution >= 4 is 15.7 Å². The quantitative estimate of drug-likeness (QED) is 0.763. The maximum absolute atomic E-state index is 11.9. The average Bonchev–Trinajstić information content (AvgIpc) is 2.52. The van der Waals surface area contributed by atoms with Gasteiger partial charge in [0.2, 0.25) is 5.91 Å². The fourth-order valence-corrected chi connectivity index (χ4v) is 4.59. The van der Waals surface area contributed by atoms with Crippen LogP contribution in [0.1, 0.15) is 32.1 Å². The first-order chi connectivity index (χ1) is 8.55. The number of carbonyl (C=O) groups is 1. The van der Waals surface area contributed by atoms with Gasteiger partial charge in [-0.05, 0) is 31.7 Å². The molecule has 5 nitrogen and oxygen atoms in total. The van der Waals surface area contributed by atoms with E-state index < -0.39 is 9.84 Å². The summed E-state index contributed by atoms with van der Waals surface area (Å²) in [4.78, 5) is 11.9. The number of hydrogen-bond acceptors (Lipinski definition) is 4. The molecule has 0 aliphatic carbocycles. The molecule has 2 unspecified atom stereocenters. The maximum Gasteiger partial charge on any atom is 0.220 e. The molecule has 2 aliphatic rings. The van der Waals surface area contributed by atoms with Crippen molar-refractivity contribution in [3.05, 3.63) is 0 Å². The molecule has 6 heteroatoms. The highest BCUT2D eigenvalue weighted by Gasteiger charge is 2.29. The van der Waals surface area contributed by atoms with Crippen LogP contribution in [0.2, 0.25) is 0 Å². The summed E-state index contributed by atoms with van der Waals surface area (Å²) in [7, 11) is -2.87. The third-order valence-electron chi connectivity index (χ3n) is 3.71. The predicted octanol–water partition coefficient (Wildman–Crippen LogP) is 0.0695. The highest BCUT2D eigenvalue weighted by molar-refractivity contribution is 7.91. The first-order valence-electron chi connectivity index (χ1n) is 6.76.